The van der Waals surface area contributed by atoms with E-state index in [9.17, 15) is 10.2 Å². The Labute approximate surface area is 127 Å². The smallest absolute Gasteiger partial charge is 0.201 e. The molecule has 22 heavy (non-hydrogen) atoms. The van der Waals surface area contributed by atoms with Crippen LogP contribution in [0.2, 0.25) is 0 Å². The maximum Gasteiger partial charge on any atom is 0.201 e. The summed E-state index contributed by atoms with van der Waals surface area (Å²) in [7, 11) is 0. The first-order chi connectivity index (χ1) is 10.8. The van der Waals surface area contributed by atoms with Gasteiger partial charge in [0, 0.05) is 28.3 Å². The number of nitrogens with zero attached hydrogens (tertiary/aromatic N) is 2. The van der Waals surface area contributed by atoms with Crippen molar-refractivity contribution in [3.8, 4) is 5.88 Å². The zero-order valence-corrected chi connectivity index (χ0v) is 11.8. The molecule has 4 heteroatoms. The van der Waals surface area contributed by atoms with Crippen LogP contribution in [0.15, 0.2) is 53.5 Å². The largest absolute Gasteiger partial charge is 0.494 e. The molecule has 1 aliphatic rings. The summed E-state index contributed by atoms with van der Waals surface area (Å²) in [5.74, 6) is 0.0639. The van der Waals surface area contributed by atoms with Crippen molar-refractivity contribution in [1.29, 1.82) is 0 Å². The van der Waals surface area contributed by atoms with Crippen molar-refractivity contribution < 1.29 is 10.2 Å². The Morgan fingerprint density at radius 3 is 2.68 bits per heavy atom. The van der Waals surface area contributed by atoms with Gasteiger partial charge in [-0.25, -0.2) is 0 Å². The van der Waals surface area contributed by atoms with Crippen LogP contribution in [-0.2, 0) is 6.73 Å². The first kappa shape index (κ1) is 12.9. The fourth-order valence-electron chi connectivity index (χ4n) is 2.91. The van der Waals surface area contributed by atoms with Gasteiger partial charge in [0.05, 0.1) is 11.2 Å². The van der Waals surface area contributed by atoms with E-state index in [1.165, 1.54) is 4.57 Å². The van der Waals surface area contributed by atoms with Crippen LogP contribution in [0.4, 0.5) is 5.69 Å². The number of aliphatic hydroxyl groups excluding tert-OH is 1. The van der Waals surface area contributed by atoms with Crippen molar-refractivity contribution >= 4 is 34.5 Å². The lowest BCUT2D eigenvalue weighted by molar-refractivity contribution is 0.201. The summed E-state index contributed by atoms with van der Waals surface area (Å²) in [5, 5.41) is 20.8. The molecule has 0 saturated heterocycles. The molecule has 0 aliphatic carbocycles. The lowest BCUT2D eigenvalue weighted by atomic mass is 10.0. The van der Waals surface area contributed by atoms with Crippen LogP contribution in [0.3, 0.4) is 0 Å². The van der Waals surface area contributed by atoms with Gasteiger partial charge in [-0.15, -0.1) is 0 Å². The van der Waals surface area contributed by atoms with Crippen LogP contribution >= 0.6 is 0 Å². The van der Waals surface area contributed by atoms with Gasteiger partial charge in [0.15, 0.2) is 0 Å². The summed E-state index contributed by atoms with van der Waals surface area (Å²) in [6.45, 7) is -0.264. The molecule has 0 fully saturated rings. The zero-order valence-electron chi connectivity index (χ0n) is 11.8. The molecular formula is C18H14N2O2. The Bertz CT molecular complexity index is 935. The number of rotatable bonds is 2. The van der Waals surface area contributed by atoms with Crippen molar-refractivity contribution in [3.63, 3.8) is 0 Å². The van der Waals surface area contributed by atoms with Crippen LogP contribution in [0.5, 0.6) is 5.88 Å². The van der Waals surface area contributed by atoms with Crippen LogP contribution in [0.1, 0.15) is 11.1 Å². The van der Waals surface area contributed by atoms with Crippen molar-refractivity contribution in [2.24, 2.45) is 4.99 Å². The van der Waals surface area contributed by atoms with Gasteiger partial charge in [-0.3, -0.25) is 9.56 Å². The topological polar surface area (TPSA) is 57.8 Å². The Morgan fingerprint density at radius 2 is 1.82 bits per heavy atom. The van der Waals surface area contributed by atoms with Crippen LogP contribution in [-0.4, -0.2) is 21.0 Å². The van der Waals surface area contributed by atoms with E-state index in [4.69, 9.17) is 0 Å². The lowest BCUT2D eigenvalue weighted by Crippen LogP contribution is -1.94. The minimum atomic E-state index is -0.264. The molecule has 1 aromatic heterocycles. The summed E-state index contributed by atoms with van der Waals surface area (Å²) in [6.07, 6.45) is 3.72. The first-order valence-electron chi connectivity index (χ1n) is 7.06. The van der Waals surface area contributed by atoms with Gasteiger partial charge in [-0.1, -0.05) is 36.4 Å². The van der Waals surface area contributed by atoms with Gasteiger partial charge >= 0.3 is 0 Å². The van der Waals surface area contributed by atoms with E-state index in [0.29, 0.717) is 5.56 Å². The monoisotopic (exact) mass is 290 g/mol. The predicted molar refractivity (Wildman–Crippen MR) is 88.3 cm³/mol. The number of hydrogen-bond acceptors (Lipinski definition) is 3. The summed E-state index contributed by atoms with van der Waals surface area (Å²) < 4.78 is 1.49. The first-order valence-corrected chi connectivity index (χ1v) is 7.06. The molecule has 2 N–H and O–H groups in total. The predicted octanol–water partition coefficient (Wildman–Crippen LogP) is 3.55. The Kier molecular flexibility index (Phi) is 2.84. The molecule has 4 rings (SSSR count). The van der Waals surface area contributed by atoms with Crippen LogP contribution in [0, 0.1) is 0 Å². The van der Waals surface area contributed by atoms with Crippen molar-refractivity contribution in [1.82, 2.24) is 4.57 Å². The van der Waals surface area contributed by atoms with Gasteiger partial charge in [-0.05, 0) is 18.2 Å². The molecule has 108 valence electrons. The number of aromatic nitrogens is 1. The molecule has 0 atom stereocenters. The number of fused-ring (bicyclic) bond motifs is 2. The van der Waals surface area contributed by atoms with Crippen molar-refractivity contribution in [2.45, 2.75) is 6.73 Å². The third kappa shape index (κ3) is 1.78. The number of hydrogen-bond donors (Lipinski definition) is 2. The molecule has 0 radical (unpaired) electrons. The highest BCUT2D eigenvalue weighted by molar-refractivity contribution is 6.22. The van der Waals surface area contributed by atoms with E-state index in [-0.39, 0.29) is 12.6 Å². The minimum Gasteiger partial charge on any atom is -0.494 e. The third-order valence-corrected chi connectivity index (χ3v) is 3.98. The third-order valence-electron chi connectivity index (χ3n) is 3.98. The van der Waals surface area contributed by atoms with Gasteiger partial charge in [0.25, 0.3) is 0 Å². The summed E-state index contributed by atoms with van der Waals surface area (Å²) in [6, 6.07) is 15.5. The minimum absolute atomic E-state index is 0.0639. The van der Waals surface area contributed by atoms with Gasteiger partial charge < -0.3 is 10.2 Å². The van der Waals surface area contributed by atoms with E-state index >= 15 is 0 Å². The fraction of sp³-hybridized carbons (Fsp3) is 0.0556. The molecule has 0 spiro atoms. The molecule has 2 heterocycles. The lowest BCUT2D eigenvalue weighted by Gasteiger charge is -2.01. The standard InChI is InChI=1S/C18H14N2O2/c21-11-20-17-8-4-2-6-14(17)15(18(20)22)9-12-10-19-16-7-3-1-5-13(12)16/h1-10,21-22H,11H2/b12-9+. The quantitative estimate of drug-likeness (QED) is 0.758. The van der Waals surface area contributed by atoms with E-state index in [1.807, 2.05) is 54.6 Å². The highest BCUT2D eigenvalue weighted by Crippen LogP contribution is 2.37. The summed E-state index contributed by atoms with van der Waals surface area (Å²) in [4.78, 5) is 4.38. The summed E-state index contributed by atoms with van der Waals surface area (Å²) >= 11 is 0. The maximum absolute atomic E-state index is 10.4. The van der Waals surface area contributed by atoms with Crippen molar-refractivity contribution in [3.05, 3.63) is 59.7 Å². The second-order valence-corrected chi connectivity index (χ2v) is 5.20. The van der Waals surface area contributed by atoms with E-state index in [0.717, 1.165) is 27.7 Å². The second-order valence-electron chi connectivity index (χ2n) is 5.20. The van der Waals surface area contributed by atoms with Gasteiger partial charge in [-0.2, -0.15) is 0 Å². The van der Waals surface area contributed by atoms with Crippen LogP contribution < -0.4 is 0 Å². The summed E-state index contributed by atoms with van der Waals surface area (Å²) in [5.41, 5.74) is 4.42. The van der Waals surface area contributed by atoms with E-state index in [2.05, 4.69) is 4.99 Å². The average Bonchev–Trinajstić information content (AvgIpc) is 3.08. The molecule has 4 nitrogen and oxygen atoms in total. The molecule has 0 saturated carbocycles. The molecule has 0 unspecified atom stereocenters. The van der Waals surface area contributed by atoms with Gasteiger partial charge in [0.2, 0.25) is 5.88 Å². The van der Waals surface area contributed by atoms with Gasteiger partial charge in [0.1, 0.15) is 6.73 Å². The number of aliphatic imine (C=N–C) groups is 1. The molecule has 0 bridgehead atoms. The fourth-order valence-corrected chi connectivity index (χ4v) is 2.91. The van der Waals surface area contributed by atoms with E-state index < -0.39 is 0 Å². The Morgan fingerprint density at radius 1 is 1.05 bits per heavy atom. The highest BCUT2D eigenvalue weighted by Gasteiger charge is 2.17. The zero-order chi connectivity index (χ0) is 15.1. The Balaban J connectivity index is 1.95. The molecule has 1 aliphatic heterocycles. The van der Waals surface area contributed by atoms with Crippen molar-refractivity contribution in [2.75, 3.05) is 0 Å². The molecule has 0 amide bonds. The molecule has 3 aromatic rings. The number of aromatic hydroxyl groups is 1. The highest BCUT2D eigenvalue weighted by atomic mass is 16.3. The number of para-hydroxylation sites is 2. The average molecular weight is 290 g/mol. The normalized spacial score (nSPS) is 14.9. The SMILES string of the molecule is OCn1c(O)c(/C=C2\C=Nc3ccccc32)c2ccccc21. The second kappa shape index (κ2) is 4.86. The number of aliphatic hydroxyl groups is 1. The van der Waals surface area contributed by atoms with Crippen LogP contribution in [0.25, 0.3) is 22.6 Å². The molecular weight excluding hydrogens is 276 g/mol. The molecule has 2 aromatic carbocycles. The Hall–Kier alpha value is -2.85. The number of benzene rings is 2. The van der Waals surface area contributed by atoms with E-state index in [1.54, 1.807) is 6.21 Å². The number of allylic oxidation sites excluding steroid dienone is 1. The maximum atomic E-state index is 10.4.